The third-order valence-corrected chi connectivity index (χ3v) is 11.6. The number of likely N-dealkylation sites (N-methyl/N-ethyl adjacent to an activating group) is 1. The lowest BCUT2D eigenvalue weighted by molar-refractivity contribution is -0.143. The fraction of sp³-hybridized carbons (Fsp3) is 0.675. The van der Waals surface area contributed by atoms with Crippen LogP contribution in [0.4, 0.5) is 0 Å². The molecule has 1 aliphatic heterocycles. The van der Waals surface area contributed by atoms with Crippen LogP contribution in [0.25, 0.3) is 0 Å². The molecule has 3 rings (SSSR count). The van der Waals surface area contributed by atoms with E-state index in [1.165, 1.54) is 11.3 Å². The predicted molar refractivity (Wildman–Crippen MR) is 201 cm³/mol. The Morgan fingerprint density at radius 2 is 1.76 bits per heavy atom. The molecule has 0 unspecified atom stereocenters. The number of likely N-dealkylation sites (tertiary alicyclic amines) is 1. The molecule has 2 amide bonds. The molecule has 0 radical (unpaired) electrons. The lowest BCUT2D eigenvalue weighted by Crippen LogP contribution is -2.48. The Labute approximate surface area is 304 Å². The van der Waals surface area contributed by atoms with Crippen LogP contribution in [-0.4, -0.2) is 83.5 Å². The average Bonchev–Trinajstić information content (AvgIpc) is 3.59. The molecule has 1 fully saturated rings. The van der Waals surface area contributed by atoms with Crippen LogP contribution in [-0.2, 0) is 25.5 Å². The van der Waals surface area contributed by atoms with Gasteiger partial charge in [0.05, 0.1) is 6.04 Å². The molecule has 7 atom stereocenters. The molecular weight excluding hydrogens is 649 g/mol. The summed E-state index contributed by atoms with van der Waals surface area (Å²) in [5.74, 6) is -0.393. The van der Waals surface area contributed by atoms with E-state index in [2.05, 4.69) is 37.9 Å². The van der Waals surface area contributed by atoms with E-state index in [1.807, 2.05) is 63.2 Å². The van der Waals surface area contributed by atoms with E-state index in [0.717, 1.165) is 37.8 Å². The van der Waals surface area contributed by atoms with Crippen molar-refractivity contribution in [3.63, 3.8) is 0 Å². The van der Waals surface area contributed by atoms with E-state index >= 15 is 0 Å². The van der Waals surface area contributed by atoms with Crippen molar-refractivity contribution in [3.8, 4) is 0 Å². The van der Waals surface area contributed by atoms with Crippen molar-refractivity contribution in [2.75, 3.05) is 27.2 Å². The maximum Gasteiger partial charge on any atom is 0.270 e. The molecule has 0 aliphatic carbocycles. The lowest BCUT2D eigenvalue weighted by Gasteiger charge is -2.37. The highest BCUT2D eigenvalue weighted by atomic mass is 32.1. The van der Waals surface area contributed by atoms with E-state index in [9.17, 15) is 19.2 Å². The molecule has 2 heterocycles. The van der Waals surface area contributed by atoms with Crippen LogP contribution >= 0.6 is 11.3 Å². The minimum absolute atomic E-state index is 0.00330. The highest BCUT2D eigenvalue weighted by Gasteiger charge is 2.37. The van der Waals surface area contributed by atoms with Crippen molar-refractivity contribution in [2.24, 2.45) is 23.7 Å². The standard InChI is InChI=1S/C40H62N4O5S/c1-10-27(5)32(23-36(46)34-19-15-16-20-43(34)8)40(48)44(9)35(26(3)4)24-37(49-11-2)39-42-33(25-50-39)38(47)41-31(21-28(6)29(7)45)22-30-17-13-12-14-18-30/h12-14,17-18,25-28,31-32,34-35,37H,10-11,15-16,19-24H2,1-9H3,(H,41,47)/t27-,28-,31+,32-,34+,35+,37+/m0/s1. The third kappa shape index (κ3) is 11.8. The molecule has 1 aromatic carbocycles. The van der Waals surface area contributed by atoms with Gasteiger partial charge in [0.2, 0.25) is 5.91 Å². The van der Waals surface area contributed by atoms with Gasteiger partial charge in [-0.1, -0.05) is 77.8 Å². The summed E-state index contributed by atoms with van der Waals surface area (Å²) in [7, 11) is 3.88. The third-order valence-electron chi connectivity index (χ3n) is 10.7. The summed E-state index contributed by atoms with van der Waals surface area (Å²) in [6.07, 6.45) is 5.33. The van der Waals surface area contributed by atoms with Gasteiger partial charge in [-0.2, -0.15) is 0 Å². The smallest absolute Gasteiger partial charge is 0.270 e. The Bertz CT molecular complexity index is 1380. The Morgan fingerprint density at radius 1 is 1.06 bits per heavy atom. The van der Waals surface area contributed by atoms with Crippen molar-refractivity contribution < 1.29 is 23.9 Å². The summed E-state index contributed by atoms with van der Waals surface area (Å²) in [5.41, 5.74) is 1.40. The minimum Gasteiger partial charge on any atom is -0.371 e. The Hall–Kier alpha value is -2.95. The maximum absolute atomic E-state index is 14.2. The minimum atomic E-state index is -0.411. The highest BCUT2D eigenvalue weighted by molar-refractivity contribution is 7.09. The normalized spacial score (nSPS) is 18.9. The topological polar surface area (TPSA) is 109 Å². The highest BCUT2D eigenvalue weighted by Crippen LogP contribution is 2.32. The number of aromatic nitrogens is 1. The molecular formula is C40H62N4O5S. The monoisotopic (exact) mass is 710 g/mol. The summed E-state index contributed by atoms with van der Waals surface area (Å²) >= 11 is 1.39. The molecule has 50 heavy (non-hydrogen) atoms. The number of amides is 2. The number of thiazole rings is 1. The van der Waals surface area contributed by atoms with Crippen LogP contribution in [0.15, 0.2) is 35.7 Å². The lowest BCUT2D eigenvalue weighted by atomic mass is 9.83. The van der Waals surface area contributed by atoms with Crippen LogP contribution in [0.2, 0.25) is 0 Å². The molecule has 0 saturated carbocycles. The number of Topliss-reactive ketones (excluding diaryl/α,β-unsaturated/α-hetero) is 2. The molecule has 0 bridgehead atoms. The first-order valence-electron chi connectivity index (χ1n) is 18.7. The van der Waals surface area contributed by atoms with Crippen LogP contribution in [0.5, 0.6) is 0 Å². The van der Waals surface area contributed by atoms with E-state index in [4.69, 9.17) is 9.72 Å². The number of ether oxygens (including phenoxy) is 1. The number of piperidine rings is 1. The zero-order valence-electron chi connectivity index (χ0n) is 31.9. The second kappa shape index (κ2) is 20.2. The molecule has 1 saturated heterocycles. The number of carbonyl (C=O) groups excluding carboxylic acids is 4. The van der Waals surface area contributed by atoms with Crippen LogP contribution < -0.4 is 5.32 Å². The van der Waals surface area contributed by atoms with Crippen molar-refractivity contribution in [3.05, 3.63) is 52.0 Å². The molecule has 1 N–H and O–H groups in total. The van der Waals surface area contributed by atoms with Crippen LogP contribution in [0.1, 0.15) is 121 Å². The number of nitrogens with one attached hydrogen (secondary N) is 1. The van der Waals surface area contributed by atoms with Crippen molar-refractivity contribution in [1.29, 1.82) is 0 Å². The second-order valence-electron chi connectivity index (χ2n) is 14.8. The number of nitrogens with zero attached hydrogens (tertiary/aromatic N) is 3. The molecule has 10 heteroatoms. The van der Waals surface area contributed by atoms with Gasteiger partial charge in [0, 0.05) is 55.8 Å². The van der Waals surface area contributed by atoms with Gasteiger partial charge in [-0.3, -0.25) is 24.1 Å². The number of rotatable bonds is 20. The van der Waals surface area contributed by atoms with Crippen LogP contribution in [0.3, 0.4) is 0 Å². The number of carbonyl (C=O) groups is 4. The Morgan fingerprint density at radius 3 is 2.36 bits per heavy atom. The maximum atomic E-state index is 14.2. The fourth-order valence-electron chi connectivity index (χ4n) is 7.10. The summed E-state index contributed by atoms with van der Waals surface area (Å²) < 4.78 is 6.24. The zero-order chi connectivity index (χ0) is 37.0. The predicted octanol–water partition coefficient (Wildman–Crippen LogP) is 7.16. The molecule has 1 aliphatic rings. The van der Waals surface area contributed by atoms with Gasteiger partial charge in [-0.15, -0.1) is 11.3 Å². The van der Waals surface area contributed by atoms with Crippen LogP contribution in [0, 0.1) is 23.7 Å². The second-order valence-corrected chi connectivity index (χ2v) is 15.7. The Balaban J connectivity index is 1.77. The van der Waals surface area contributed by atoms with Crippen molar-refractivity contribution in [1.82, 2.24) is 20.1 Å². The largest absolute Gasteiger partial charge is 0.371 e. The van der Waals surface area contributed by atoms with Gasteiger partial charge >= 0.3 is 0 Å². The zero-order valence-corrected chi connectivity index (χ0v) is 32.8. The van der Waals surface area contributed by atoms with Gasteiger partial charge in [0.25, 0.3) is 5.91 Å². The number of hydrogen-bond acceptors (Lipinski definition) is 8. The number of ketones is 2. The molecule has 1 aromatic heterocycles. The summed E-state index contributed by atoms with van der Waals surface area (Å²) in [6, 6.07) is 9.44. The fourth-order valence-corrected chi connectivity index (χ4v) is 7.96. The Kier molecular flexibility index (Phi) is 16.7. The van der Waals surface area contributed by atoms with E-state index < -0.39 is 6.10 Å². The average molecular weight is 711 g/mol. The molecule has 9 nitrogen and oxygen atoms in total. The van der Waals surface area contributed by atoms with Gasteiger partial charge in [0.1, 0.15) is 22.6 Å². The number of benzene rings is 1. The first kappa shape index (κ1) is 41.5. The van der Waals surface area contributed by atoms with Gasteiger partial charge in [0.15, 0.2) is 5.78 Å². The SMILES string of the molecule is CCO[C@H](C[C@H](C(C)C)N(C)C(=O)[C@@H](CC(=O)[C@H]1CCCCN1C)[C@@H](C)CC)c1nc(C(=O)N[C@@H](Cc2ccccc2)C[C@H](C)C(C)=O)cs1. The summed E-state index contributed by atoms with van der Waals surface area (Å²) in [5, 5.41) is 5.59. The van der Waals surface area contributed by atoms with E-state index in [0.29, 0.717) is 36.6 Å². The van der Waals surface area contributed by atoms with Crippen molar-refractivity contribution >= 4 is 34.7 Å². The first-order valence-corrected chi connectivity index (χ1v) is 19.6. The van der Waals surface area contributed by atoms with Gasteiger partial charge in [-0.05, 0) is 70.5 Å². The summed E-state index contributed by atoms with van der Waals surface area (Å²) in [4.78, 5) is 62.1. The van der Waals surface area contributed by atoms with E-state index in [-0.39, 0.29) is 71.6 Å². The quantitative estimate of drug-likeness (QED) is 0.155. The molecule has 0 spiro atoms. The van der Waals surface area contributed by atoms with Gasteiger partial charge < -0.3 is 15.0 Å². The van der Waals surface area contributed by atoms with Crippen molar-refractivity contribution in [2.45, 2.75) is 124 Å². The van der Waals surface area contributed by atoms with Gasteiger partial charge in [-0.25, -0.2) is 4.98 Å². The summed E-state index contributed by atoms with van der Waals surface area (Å²) in [6.45, 7) is 15.2. The van der Waals surface area contributed by atoms with E-state index in [1.54, 1.807) is 12.3 Å². The number of hydrogen-bond donors (Lipinski definition) is 1. The molecule has 278 valence electrons. The molecule has 2 aromatic rings. The first-order chi connectivity index (χ1) is 23.8.